The summed E-state index contributed by atoms with van der Waals surface area (Å²) in [6.45, 7) is 5.18. The van der Waals surface area contributed by atoms with E-state index < -0.39 is 42.3 Å². The Balaban J connectivity index is 3.15. The lowest BCUT2D eigenvalue weighted by Crippen LogP contribution is -2.41. The van der Waals surface area contributed by atoms with E-state index in [0.717, 1.165) is 0 Å². The van der Waals surface area contributed by atoms with Gasteiger partial charge in [0.1, 0.15) is 5.73 Å². The van der Waals surface area contributed by atoms with E-state index in [1.165, 1.54) is 0 Å². The molecule has 0 aromatic rings. The van der Waals surface area contributed by atoms with E-state index in [1.54, 1.807) is 27.7 Å². The smallest absolute Gasteiger partial charge is 0.398 e. The van der Waals surface area contributed by atoms with E-state index >= 15 is 0 Å². The first-order chi connectivity index (χ1) is 8.92. The summed E-state index contributed by atoms with van der Waals surface area (Å²) in [5, 5.41) is 2.76. The van der Waals surface area contributed by atoms with Crippen LogP contribution in [-0.2, 0) is 9.31 Å². The van der Waals surface area contributed by atoms with E-state index in [0.29, 0.717) is 0 Å². The predicted octanol–water partition coefficient (Wildman–Crippen LogP) is 3.71. The van der Waals surface area contributed by atoms with Crippen LogP contribution in [-0.4, -0.2) is 31.0 Å². The average Bonchev–Trinajstić information content (AvgIpc) is 2.46. The Morgan fingerprint density at radius 2 is 1.65 bits per heavy atom. The third kappa shape index (κ3) is 3.25. The molecule has 0 aromatic carbocycles. The minimum atomic E-state index is -4.97. The minimum Gasteiger partial charge on any atom is -0.398 e. The van der Waals surface area contributed by atoms with Crippen molar-refractivity contribution in [2.24, 2.45) is 5.11 Å². The standard InChI is InChI=1S/C10H14BF4N3O2/c1-8(2)9(3,4)20-11(19-8)7(12)6(5-17-18-16)10(13,14)15/h5H2,1-4H3. The lowest BCUT2D eigenvalue weighted by Gasteiger charge is -2.32. The molecule has 0 amide bonds. The number of hydrogen-bond donors (Lipinski definition) is 0. The lowest BCUT2D eigenvalue weighted by atomic mass is 9.84. The predicted molar refractivity (Wildman–Crippen MR) is 64.3 cm³/mol. The molecule has 10 heteroatoms. The Bertz CT molecular complexity index is 454. The van der Waals surface area contributed by atoms with Crippen LogP contribution >= 0.6 is 0 Å². The fourth-order valence-electron chi connectivity index (χ4n) is 1.49. The van der Waals surface area contributed by atoms with Gasteiger partial charge >= 0.3 is 13.3 Å². The molecule has 1 heterocycles. The van der Waals surface area contributed by atoms with Gasteiger partial charge in [0.2, 0.25) is 0 Å². The van der Waals surface area contributed by atoms with Gasteiger partial charge in [0.15, 0.2) is 0 Å². The van der Waals surface area contributed by atoms with Crippen molar-refractivity contribution < 1.29 is 26.9 Å². The summed E-state index contributed by atoms with van der Waals surface area (Å²) in [4.78, 5) is 2.20. The molecule has 0 aliphatic carbocycles. The zero-order valence-corrected chi connectivity index (χ0v) is 11.5. The first-order valence-corrected chi connectivity index (χ1v) is 5.74. The van der Waals surface area contributed by atoms with Crippen molar-refractivity contribution in [1.29, 1.82) is 0 Å². The molecular weight excluding hydrogens is 281 g/mol. The summed E-state index contributed by atoms with van der Waals surface area (Å²) in [6, 6.07) is 0. The molecule has 1 saturated heterocycles. The summed E-state index contributed by atoms with van der Waals surface area (Å²) in [7, 11) is -1.77. The molecule has 0 aromatic heterocycles. The maximum Gasteiger partial charge on any atom is 0.525 e. The zero-order valence-electron chi connectivity index (χ0n) is 11.5. The van der Waals surface area contributed by atoms with Crippen LogP contribution in [0.5, 0.6) is 0 Å². The van der Waals surface area contributed by atoms with Crippen molar-refractivity contribution >= 4 is 7.12 Å². The second kappa shape index (κ2) is 5.27. The molecule has 0 unspecified atom stereocenters. The summed E-state index contributed by atoms with van der Waals surface area (Å²) < 4.78 is 62.6. The Morgan fingerprint density at radius 1 is 1.20 bits per heavy atom. The molecule has 0 radical (unpaired) electrons. The van der Waals surface area contributed by atoms with Crippen molar-refractivity contribution in [3.63, 3.8) is 0 Å². The lowest BCUT2D eigenvalue weighted by molar-refractivity contribution is -0.0938. The van der Waals surface area contributed by atoms with Crippen LogP contribution in [0.2, 0.25) is 0 Å². The highest BCUT2D eigenvalue weighted by Crippen LogP contribution is 2.41. The van der Waals surface area contributed by atoms with Gasteiger partial charge in [-0.1, -0.05) is 5.11 Å². The van der Waals surface area contributed by atoms with Crippen LogP contribution in [0, 0.1) is 0 Å². The van der Waals surface area contributed by atoms with E-state index in [1.807, 2.05) is 0 Å². The van der Waals surface area contributed by atoms with Crippen molar-refractivity contribution in [1.82, 2.24) is 0 Å². The number of halogens is 4. The second-order valence-corrected chi connectivity index (χ2v) is 5.30. The van der Waals surface area contributed by atoms with E-state index in [2.05, 4.69) is 10.0 Å². The van der Waals surface area contributed by atoms with E-state index in [4.69, 9.17) is 14.8 Å². The molecule has 112 valence electrons. The topological polar surface area (TPSA) is 67.2 Å². The third-order valence-corrected chi connectivity index (χ3v) is 3.38. The van der Waals surface area contributed by atoms with Gasteiger partial charge in [-0.3, -0.25) is 0 Å². The maximum absolute atomic E-state index is 14.0. The van der Waals surface area contributed by atoms with E-state index in [-0.39, 0.29) is 0 Å². The molecule has 0 atom stereocenters. The number of alkyl halides is 3. The van der Waals surface area contributed by atoms with Gasteiger partial charge in [0.25, 0.3) is 0 Å². The Labute approximate surface area is 113 Å². The highest BCUT2D eigenvalue weighted by atomic mass is 19.4. The van der Waals surface area contributed by atoms with Gasteiger partial charge in [-0.15, -0.1) is 0 Å². The van der Waals surface area contributed by atoms with Crippen LogP contribution in [0.25, 0.3) is 10.4 Å². The molecule has 20 heavy (non-hydrogen) atoms. The summed E-state index contributed by atoms with van der Waals surface area (Å²) >= 11 is 0. The summed E-state index contributed by atoms with van der Waals surface area (Å²) in [6.07, 6.45) is -4.97. The molecule has 0 saturated carbocycles. The fourth-order valence-corrected chi connectivity index (χ4v) is 1.49. The molecule has 0 N–H and O–H groups in total. The number of rotatable bonds is 3. The van der Waals surface area contributed by atoms with Crippen molar-refractivity contribution in [3.8, 4) is 0 Å². The maximum atomic E-state index is 14.0. The molecular formula is C10H14BF4N3O2. The molecule has 1 aliphatic heterocycles. The van der Waals surface area contributed by atoms with Gasteiger partial charge < -0.3 is 9.31 Å². The number of nitrogens with zero attached hydrogens (tertiary/aromatic N) is 3. The SMILES string of the molecule is CC1(C)OB(C(F)=C(CN=[N+]=[N-])C(F)(F)F)OC1(C)C. The number of hydrogen-bond acceptors (Lipinski definition) is 3. The highest BCUT2D eigenvalue weighted by molar-refractivity contribution is 6.53. The van der Waals surface area contributed by atoms with E-state index in [9.17, 15) is 17.6 Å². The van der Waals surface area contributed by atoms with Crippen LogP contribution in [0.4, 0.5) is 17.6 Å². The van der Waals surface area contributed by atoms with Crippen molar-refractivity contribution in [2.75, 3.05) is 6.54 Å². The largest absolute Gasteiger partial charge is 0.525 e. The molecule has 0 bridgehead atoms. The van der Waals surface area contributed by atoms with Crippen molar-refractivity contribution in [2.45, 2.75) is 45.1 Å². The first kappa shape index (κ1) is 16.8. The van der Waals surface area contributed by atoms with Gasteiger partial charge in [-0.2, -0.15) is 13.2 Å². The summed E-state index contributed by atoms with van der Waals surface area (Å²) in [5.41, 5.74) is 2.92. The van der Waals surface area contributed by atoms with Gasteiger partial charge in [-0.05, 0) is 33.2 Å². The summed E-state index contributed by atoms with van der Waals surface area (Å²) in [5.74, 6) is 0. The normalized spacial score (nSPS) is 22.3. The molecule has 5 nitrogen and oxygen atoms in total. The second-order valence-electron chi connectivity index (χ2n) is 5.30. The number of azide groups is 1. The van der Waals surface area contributed by atoms with Crippen LogP contribution in [0.15, 0.2) is 16.4 Å². The Hall–Kier alpha value is -1.25. The quantitative estimate of drug-likeness (QED) is 0.262. The molecule has 1 aliphatic rings. The first-order valence-electron chi connectivity index (χ1n) is 5.74. The van der Waals surface area contributed by atoms with Gasteiger partial charge in [0, 0.05) is 4.91 Å². The monoisotopic (exact) mass is 295 g/mol. The average molecular weight is 295 g/mol. The molecule has 0 spiro atoms. The molecule has 1 rings (SSSR count). The van der Waals surface area contributed by atoms with Crippen molar-refractivity contribution in [3.05, 3.63) is 21.7 Å². The van der Waals surface area contributed by atoms with Gasteiger partial charge in [-0.25, -0.2) is 4.39 Å². The van der Waals surface area contributed by atoms with Gasteiger partial charge in [0.05, 0.1) is 23.3 Å². The fraction of sp³-hybridized carbons (Fsp3) is 0.800. The highest BCUT2D eigenvalue weighted by Gasteiger charge is 2.55. The van der Waals surface area contributed by atoms with Crippen LogP contribution in [0.3, 0.4) is 0 Å². The molecule has 1 fully saturated rings. The Morgan fingerprint density at radius 3 is 2.00 bits per heavy atom. The zero-order chi connectivity index (χ0) is 15.8. The Kier molecular flexibility index (Phi) is 4.43. The van der Waals surface area contributed by atoms with Crippen LogP contribution in [0.1, 0.15) is 27.7 Å². The third-order valence-electron chi connectivity index (χ3n) is 3.38. The minimum absolute atomic E-state index is 0.968. The van der Waals surface area contributed by atoms with Crippen LogP contribution < -0.4 is 0 Å².